The Hall–Kier alpha value is -1.89. The Morgan fingerprint density at radius 3 is 2.66 bits per heavy atom. The van der Waals surface area contributed by atoms with Crippen LogP contribution in [0.15, 0.2) is 28.6 Å². The van der Waals surface area contributed by atoms with Crippen molar-refractivity contribution >= 4 is 46.4 Å². The largest absolute Gasteiger partial charge is 0.497 e. The van der Waals surface area contributed by atoms with Gasteiger partial charge in [-0.15, -0.1) is 35.3 Å². The Labute approximate surface area is 190 Å². The molecule has 0 fully saturated rings. The Balaban J connectivity index is 0.00000420. The molecule has 2 aromatic rings. The lowest BCUT2D eigenvalue weighted by atomic mass is 10.2. The molecule has 0 spiro atoms. The van der Waals surface area contributed by atoms with Crippen LogP contribution in [0.25, 0.3) is 0 Å². The molecule has 1 heterocycles. The summed E-state index contributed by atoms with van der Waals surface area (Å²) in [4.78, 5) is 10.9. The maximum Gasteiger partial charge on any atom is 0.387 e. The first kappa shape index (κ1) is 25.1. The standard InChI is InChI=1S/C18H25F2N5O2S.HI/c1-5-21-17(23-10-13-11-28-18(24-13)25(2)3)22-9-12-8-14(26-4)6-7-15(12)27-16(19)20;/h6-8,11,16H,5,9-10H2,1-4H3,(H2,21,22,23);1H. The summed E-state index contributed by atoms with van der Waals surface area (Å²) in [6.07, 6.45) is 0. The van der Waals surface area contributed by atoms with Crippen molar-refractivity contribution in [1.82, 2.24) is 15.6 Å². The minimum atomic E-state index is -2.90. The molecular formula is C18H26F2IN5O2S. The van der Waals surface area contributed by atoms with Crippen molar-refractivity contribution in [2.75, 3.05) is 32.6 Å². The monoisotopic (exact) mass is 541 g/mol. The molecule has 0 bridgehead atoms. The zero-order valence-corrected chi connectivity index (χ0v) is 19.9. The minimum Gasteiger partial charge on any atom is -0.497 e. The number of nitrogens with zero attached hydrogens (tertiary/aromatic N) is 3. The number of guanidine groups is 1. The molecule has 0 radical (unpaired) electrons. The maximum absolute atomic E-state index is 12.6. The molecule has 11 heteroatoms. The zero-order chi connectivity index (χ0) is 20.5. The average Bonchev–Trinajstić information content (AvgIpc) is 3.14. The van der Waals surface area contributed by atoms with E-state index in [1.165, 1.54) is 13.2 Å². The van der Waals surface area contributed by atoms with Crippen LogP contribution in [0.3, 0.4) is 0 Å². The third-order valence-corrected chi connectivity index (χ3v) is 4.65. The number of anilines is 1. The van der Waals surface area contributed by atoms with Gasteiger partial charge < -0.3 is 25.0 Å². The summed E-state index contributed by atoms with van der Waals surface area (Å²) in [6, 6.07) is 4.65. The molecule has 2 rings (SSSR count). The highest BCUT2D eigenvalue weighted by atomic mass is 127. The molecule has 0 aliphatic heterocycles. The Kier molecular flexibility index (Phi) is 10.9. The van der Waals surface area contributed by atoms with Crippen LogP contribution in [0.1, 0.15) is 18.2 Å². The summed E-state index contributed by atoms with van der Waals surface area (Å²) >= 11 is 1.56. The van der Waals surface area contributed by atoms with Crippen LogP contribution >= 0.6 is 35.3 Å². The Morgan fingerprint density at radius 1 is 1.31 bits per heavy atom. The van der Waals surface area contributed by atoms with E-state index in [-0.39, 0.29) is 36.3 Å². The van der Waals surface area contributed by atoms with Crippen LogP contribution < -0.4 is 25.0 Å². The summed E-state index contributed by atoms with van der Waals surface area (Å²) < 4.78 is 35.0. The van der Waals surface area contributed by atoms with Gasteiger partial charge in [-0.3, -0.25) is 0 Å². The number of benzene rings is 1. The number of methoxy groups -OCH3 is 1. The molecule has 0 aliphatic carbocycles. The second-order valence-electron chi connectivity index (χ2n) is 5.92. The normalized spacial score (nSPS) is 11.1. The second kappa shape index (κ2) is 12.6. The van der Waals surface area contributed by atoms with Gasteiger partial charge in [-0.05, 0) is 25.1 Å². The van der Waals surface area contributed by atoms with E-state index in [1.807, 2.05) is 31.3 Å². The van der Waals surface area contributed by atoms with Gasteiger partial charge in [-0.25, -0.2) is 9.98 Å². The molecule has 0 saturated heterocycles. The molecule has 1 aromatic carbocycles. The number of alkyl halides is 2. The number of hydrogen-bond donors (Lipinski definition) is 2. The number of nitrogens with one attached hydrogen (secondary N) is 2. The fourth-order valence-electron chi connectivity index (χ4n) is 2.28. The van der Waals surface area contributed by atoms with E-state index in [9.17, 15) is 8.78 Å². The molecule has 7 nitrogen and oxygen atoms in total. The van der Waals surface area contributed by atoms with Crippen molar-refractivity contribution in [3.63, 3.8) is 0 Å². The Morgan fingerprint density at radius 2 is 2.07 bits per heavy atom. The SMILES string of the molecule is CCNC(=NCc1cc(OC)ccc1OC(F)F)NCc1csc(N(C)C)n1.I. The van der Waals surface area contributed by atoms with E-state index in [0.717, 1.165) is 10.8 Å². The van der Waals surface area contributed by atoms with Crippen LogP contribution in [-0.4, -0.2) is 45.3 Å². The van der Waals surface area contributed by atoms with Crippen molar-refractivity contribution in [1.29, 1.82) is 0 Å². The molecule has 162 valence electrons. The fourth-order valence-corrected chi connectivity index (χ4v) is 3.04. The predicted octanol–water partition coefficient (Wildman–Crippen LogP) is 3.69. The second-order valence-corrected chi connectivity index (χ2v) is 6.75. The van der Waals surface area contributed by atoms with Crippen molar-refractivity contribution in [3.8, 4) is 11.5 Å². The van der Waals surface area contributed by atoms with Crippen molar-refractivity contribution in [2.45, 2.75) is 26.6 Å². The van der Waals surface area contributed by atoms with Gasteiger partial charge in [-0.1, -0.05) is 0 Å². The van der Waals surface area contributed by atoms with Crippen LogP contribution in [0.4, 0.5) is 13.9 Å². The van der Waals surface area contributed by atoms with Gasteiger partial charge >= 0.3 is 6.61 Å². The molecule has 0 unspecified atom stereocenters. The van der Waals surface area contributed by atoms with E-state index >= 15 is 0 Å². The van der Waals surface area contributed by atoms with Gasteiger partial charge in [0, 0.05) is 31.6 Å². The van der Waals surface area contributed by atoms with Crippen LogP contribution in [-0.2, 0) is 13.1 Å². The van der Waals surface area contributed by atoms with E-state index in [2.05, 4.69) is 25.3 Å². The average molecular weight is 541 g/mol. The van der Waals surface area contributed by atoms with E-state index in [0.29, 0.717) is 30.4 Å². The quantitative estimate of drug-likeness (QED) is 0.287. The van der Waals surface area contributed by atoms with Gasteiger partial charge in [-0.2, -0.15) is 8.78 Å². The lowest BCUT2D eigenvalue weighted by molar-refractivity contribution is -0.0504. The number of ether oxygens (including phenoxy) is 2. The van der Waals surface area contributed by atoms with Crippen LogP contribution in [0.2, 0.25) is 0 Å². The highest BCUT2D eigenvalue weighted by Crippen LogP contribution is 2.26. The highest BCUT2D eigenvalue weighted by Gasteiger charge is 2.11. The van der Waals surface area contributed by atoms with Gasteiger partial charge in [0.25, 0.3) is 0 Å². The Bertz CT molecular complexity index is 789. The lowest BCUT2D eigenvalue weighted by Gasteiger charge is -2.13. The third-order valence-electron chi connectivity index (χ3n) is 3.59. The summed E-state index contributed by atoms with van der Waals surface area (Å²) in [5.74, 6) is 1.17. The van der Waals surface area contributed by atoms with Gasteiger partial charge in [0.05, 0.1) is 25.9 Å². The molecule has 1 aromatic heterocycles. The topological polar surface area (TPSA) is 71.0 Å². The van der Waals surface area contributed by atoms with E-state index < -0.39 is 6.61 Å². The summed E-state index contributed by atoms with van der Waals surface area (Å²) in [7, 11) is 5.39. The summed E-state index contributed by atoms with van der Waals surface area (Å²) in [5, 5.41) is 9.21. The molecule has 0 saturated carbocycles. The number of aromatic nitrogens is 1. The van der Waals surface area contributed by atoms with Crippen molar-refractivity contribution in [3.05, 3.63) is 34.8 Å². The smallest absolute Gasteiger partial charge is 0.387 e. The fraction of sp³-hybridized carbons (Fsp3) is 0.444. The first-order chi connectivity index (χ1) is 13.4. The van der Waals surface area contributed by atoms with Gasteiger partial charge in [0.15, 0.2) is 11.1 Å². The highest BCUT2D eigenvalue weighted by molar-refractivity contribution is 14.0. The van der Waals surface area contributed by atoms with Gasteiger partial charge in [0.1, 0.15) is 11.5 Å². The molecular weight excluding hydrogens is 515 g/mol. The number of aliphatic imine (C=N–C) groups is 1. The van der Waals surface area contributed by atoms with Crippen LogP contribution in [0.5, 0.6) is 11.5 Å². The van der Waals surface area contributed by atoms with E-state index in [1.54, 1.807) is 23.5 Å². The lowest BCUT2D eigenvalue weighted by Crippen LogP contribution is -2.36. The van der Waals surface area contributed by atoms with Gasteiger partial charge in [0.2, 0.25) is 0 Å². The van der Waals surface area contributed by atoms with E-state index in [4.69, 9.17) is 4.74 Å². The first-order valence-electron chi connectivity index (χ1n) is 8.68. The minimum absolute atomic E-state index is 0. The first-order valence-corrected chi connectivity index (χ1v) is 9.56. The van der Waals surface area contributed by atoms with Crippen molar-refractivity contribution in [2.24, 2.45) is 4.99 Å². The number of rotatable bonds is 9. The summed E-state index contributed by atoms with van der Waals surface area (Å²) in [5.41, 5.74) is 1.39. The molecule has 0 atom stereocenters. The number of halogens is 3. The third kappa shape index (κ3) is 8.17. The number of thiazole rings is 1. The predicted molar refractivity (Wildman–Crippen MR) is 123 cm³/mol. The zero-order valence-electron chi connectivity index (χ0n) is 16.7. The number of hydrogen-bond acceptors (Lipinski definition) is 6. The molecule has 0 amide bonds. The molecule has 29 heavy (non-hydrogen) atoms. The molecule has 2 N–H and O–H groups in total. The molecule has 0 aliphatic rings. The maximum atomic E-state index is 12.6. The summed E-state index contributed by atoms with van der Waals surface area (Å²) in [6.45, 7) is 0.340. The van der Waals surface area contributed by atoms with Crippen LogP contribution in [0, 0.1) is 0 Å². The van der Waals surface area contributed by atoms with Crippen molar-refractivity contribution < 1.29 is 18.3 Å².